The van der Waals surface area contributed by atoms with Gasteiger partial charge in [-0.15, -0.1) is 0 Å². The maximum atomic E-state index is 5.91. The molecular weight excluding hydrogens is 244 g/mol. The molecule has 1 aliphatic rings. The van der Waals surface area contributed by atoms with Crippen LogP contribution in [0.15, 0.2) is 24.3 Å². The summed E-state index contributed by atoms with van der Waals surface area (Å²) in [5.41, 5.74) is 4.34. The first-order chi connectivity index (χ1) is 8.79. The van der Waals surface area contributed by atoms with Crippen molar-refractivity contribution in [1.82, 2.24) is 5.43 Å². The second kappa shape index (κ2) is 7.13. The summed E-state index contributed by atoms with van der Waals surface area (Å²) < 4.78 is 0. The van der Waals surface area contributed by atoms with Gasteiger partial charge in [-0.25, -0.2) is 0 Å². The number of rotatable bonds is 4. The van der Waals surface area contributed by atoms with Crippen molar-refractivity contribution < 1.29 is 0 Å². The van der Waals surface area contributed by atoms with Crippen molar-refractivity contribution in [1.29, 1.82) is 0 Å². The zero-order valence-corrected chi connectivity index (χ0v) is 11.6. The van der Waals surface area contributed by atoms with E-state index in [0.717, 1.165) is 11.4 Å². The van der Waals surface area contributed by atoms with Crippen LogP contribution in [0, 0.1) is 5.92 Å². The van der Waals surface area contributed by atoms with Crippen LogP contribution in [0.4, 0.5) is 0 Å². The molecule has 1 atom stereocenters. The predicted octanol–water partition coefficient (Wildman–Crippen LogP) is 3.68. The normalized spacial score (nSPS) is 19.4. The first kappa shape index (κ1) is 13.9. The van der Waals surface area contributed by atoms with Gasteiger partial charge in [-0.05, 0) is 42.9 Å². The van der Waals surface area contributed by atoms with Crippen molar-refractivity contribution in [2.24, 2.45) is 11.8 Å². The summed E-state index contributed by atoms with van der Waals surface area (Å²) in [6.07, 6.45) is 9.08. The molecular formula is C15H23ClN2. The van der Waals surface area contributed by atoms with Crippen LogP contribution >= 0.6 is 11.6 Å². The minimum Gasteiger partial charge on any atom is -0.271 e. The third-order valence-electron chi connectivity index (χ3n) is 4.05. The number of nitrogens with one attached hydrogen (secondary N) is 1. The Morgan fingerprint density at radius 1 is 1.11 bits per heavy atom. The summed E-state index contributed by atoms with van der Waals surface area (Å²) in [7, 11) is 0. The molecule has 18 heavy (non-hydrogen) atoms. The third kappa shape index (κ3) is 3.98. The Labute approximate surface area is 115 Å². The number of halogens is 1. The van der Waals surface area contributed by atoms with Gasteiger partial charge in [-0.2, -0.15) is 0 Å². The largest absolute Gasteiger partial charge is 0.271 e. The van der Waals surface area contributed by atoms with Crippen LogP contribution in [0.3, 0.4) is 0 Å². The number of benzene rings is 1. The fraction of sp³-hybridized carbons (Fsp3) is 0.600. The van der Waals surface area contributed by atoms with Crippen LogP contribution in [0.2, 0.25) is 5.02 Å². The summed E-state index contributed by atoms with van der Waals surface area (Å²) >= 11 is 5.91. The first-order valence-corrected chi connectivity index (χ1v) is 7.38. The fourth-order valence-corrected chi connectivity index (χ4v) is 3.08. The molecule has 1 aromatic carbocycles. The maximum Gasteiger partial charge on any atom is 0.0406 e. The molecule has 3 N–H and O–H groups in total. The number of hydrogen-bond acceptors (Lipinski definition) is 2. The van der Waals surface area contributed by atoms with E-state index in [1.165, 1.54) is 44.1 Å². The molecule has 0 saturated heterocycles. The highest BCUT2D eigenvalue weighted by molar-refractivity contribution is 6.30. The Morgan fingerprint density at radius 3 is 2.28 bits per heavy atom. The summed E-state index contributed by atoms with van der Waals surface area (Å²) in [5, 5.41) is 0.797. The predicted molar refractivity (Wildman–Crippen MR) is 77.5 cm³/mol. The van der Waals surface area contributed by atoms with Crippen LogP contribution in [0.5, 0.6) is 0 Å². The molecule has 100 valence electrons. The van der Waals surface area contributed by atoms with E-state index in [0.29, 0.717) is 12.0 Å². The van der Waals surface area contributed by atoms with E-state index in [-0.39, 0.29) is 0 Å². The molecule has 1 aliphatic carbocycles. The van der Waals surface area contributed by atoms with E-state index in [4.69, 9.17) is 17.4 Å². The van der Waals surface area contributed by atoms with E-state index in [1.807, 2.05) is 12.1 Å². The van der Waals surface area contributed by atoms with E-state index in [9.17, 15) is 0 Å². The zero-order valence-electron chi connectivity index (χ0n) is 10.9. The third-order valence-corrected chi connectivity index (χ3v) is 4.30. The number of hydrogen-bond donors (Lipinski definition) is 2. The second-order valence-electron chi connectivity index (χ2n) is 5.36. The quantitative estimate of drug-likeness (QED) is 0.496. The minimum atomic E-state index is 0.393. The summed E-state index contributed by atoms with van der Waals surface area (Å²) in [6.45, 7) is 0. The Bertz CT molecular complexity index is 342. The molecule has 3 heteroatoms. The average Bonchev–Trinajstić information content (AvgIpc) is 2.67. The lowest BCUT2D eigenvalue weighted by atomic mass is 9.88. The van der Waals surface area contributed by atoms with Crippen LogP contribution in [0.1, 0.15) is 44.1 Å². The lowest BCUT2D eigenvalue weighted by molar-refractivity contribution is 0.320. The van der Waals surface area contributed by atoms with E-state index in [1.54, 1.807) is 0 Å². The van der Waals surface area contributed by atoms with E-state index < -0.39 is 0 Å². The van der Waals surface area contributed by atoms with Gasteiger partial charge in [0.25, 0.3) is 0 Å². The number of hydrazine groups is 1. The Morgan fingerprint density at radius 2 is 1.72 bits per heavy atom. The van der Waals surface area contributed by atoms with Crippen LogP contribution < -0.4 is 11.3 Å². The second-order valence-corrected chi connectivity index (χ2v) is 5.79. The van der Waals surface area contributed by atoms with Gasteiger partial charge < -0.3 is 0 Å². The molecule has 1 saturated carbocycles. The van der Waals surface area contributed by atoms with Crippen molar-refractivity contribution in [3.05, 3.63) is 34.9 Å². The van der Waals surface area contributed by atoms with Crippen molar-refractivity contribution in [3.63, 3.8) is 0 Å². The highest BCUT2D eigenvalue weighted by Crippen LogP contribution is 2.27. The van der Waals surface area contributed by atoms with Gasteiger partial charge in [0, 0.05) is 11.1 Å². The first-order valence-electron chi connectivity index (χ1n) is 7.00. The highest BCUT2D eigenvalue weighted by Gasteiger charge is 2.21. The molecule has 0 aliphatic heterocycles. The van der Waals surface area contributed by atoms with Crippen molar-refractivity contribution >= 4 is 11.6 Å². The molecule has 0 bridgehead atoms. The molecule has 0 aromatic heterocycles. The molecule has 1 fully saturated rings. The smallest absolute Gasteiger partial charge is 0.0406 e. The monoisotopic (exact) mass is 266 g/mol. The SMILES string of the molecule is NNC(Cc1ccc(Cl)cc1)C1CCCCCC1. The Kier molecular flexibility index (Phi) is 5.48. The van der Waals surface area contributed by atoms with Gasteiger partial charge in [0.1, 0.15) is 0 Å². The van der Waals surface area contributed by atoms with Crippen LogP contribution in [-0.2, 0) is 6.42 Å². The van der Waals surface area contributed by atoms with E-state index >= 15 is 0 Å². The van der Waals surface area contributed by atoms with Gasteiger partial charge in [-0.3, -0.25) is 11.3 Å². The van der Waals surface area contributed by atoms with Gasteiger partial charge in [0.2, 0.25) is 0 Å². The molecule has 0 amide bonds. The Hall–Kier alpha value is -0.570. The van der Waals surface area contributed by atoms with Crippen molar-refractivity contribution in [3.8, 4) is 0 Å². The van der Waals surface area contributed by atoms with Crippen LogP contribution in [0.25, 0.3) is 0 Å². The lowest BCUT2D eigenvalue weighted by Crippen LogP contribution is -2.42. The molecule has 0 radical (unpaired) electrons. The lowest BCUT2D eigenvalue weighted by Gasteiger charge is -2.25. The Balaban J connectivity index is 1.97. The topological polar surface area (TPSA) is 38.0 Å². The molecule has 1 unspecified atom stereocenters. The van der Waals surface area contributed by atoms with Gasteiger partial charge >= 0.3 is 0 Å². The molecule has 0 spiro atoms. The average molecular weight is 267 g/mol. The molecule has 2 nitrogen and oxygen atoms in total. The standard InChI is InChI=1S/C15H23ClN2/c16-14-9-7-12(8-10-14)11-15(18-17)13-5-3-1-2-4-6-13/h7-10,13,15,18H,1-6,11,17H2. The molecule has 0 heterocycles. The van der Waals surface area contributed by atoms with E-state index in [2.05, 4.69) is 17.6 Å². The zero-order chi connectivity index (χ0) is 12.8. The molecule has 2 rings (SSSR count). The van der Waals surface area contributed by atoms with Gasteiger partial charge in [0.05, 0.1) is 0 Å². The summed E-state index contributed by atoms with van der Waals surface area (Å²) in [5.74, 6) is 6.47. The van der Waals surface area contributed by atoms with Gasteiger partial charge in [0.15, 0.2) is 0 Å². The van der Waals surface area contributed by atoms with Crippen molar-refractivity contribution in [2.45, 2.75) is 51.0 Å². The maximum absolute atomic E-state index is 5.91. The highest BCUT2D eigenvalue weighted by atomic mass is 35.5. The van der Waals surface area contributed by atoms with Crippen LogP contribution in [-0.4, -0.2) is 6.04 Å². The fourth-order valence-electron chi connectivity index (χ4n) is 2.95. The summed E-state index contributed by atoms with van der Waals surface area (Å²) in [6, 6.07) is 8.51. The number of nitrogens with two attached hydrogens (primary N) is 1. The minimum absolute atomic E-state index is 0.393. The summed E-state index contributed by atoms with van der Waals surface area (Å²) in [4.78, 5) is 0. The van der Waals surface area contributed by atoms with Gasteiger partial charge in [-0.1, -0.05) is 49.4 Å². The molecule has 1 aromatic rings. The van der Waals surface area contributed by atoms with Crippen molar-refractivity contribution in [2.75, 3.05) is 0 Å².